The average molecular weight is 227 g/mol. The summed E-state index contributed by atoms with van der Waals surface area (Å²) in [5, 5.41) is 0. The Labute approximate surface area is 99.7 Å². The predicted molar refractivity (Wildman–Crippen MR) is 65.3 cm³/mol. The van der Waals surface area contributed by atoms with Crippen molar-refractivity contribution in [1.82, 2.24) is 0 Å². The summed E-state index contributed by atoms with van der Waals surface area (Å²) in [5.74, 6) is 0.0168. The lowest BCUT2D eigenvalue weighted by Crippen LogP contribution is -2.28. The van der Waals surface area contributed by atoms with Gasteiger partial charge in [-0.05, 0) is 36.6 Å². The molecule has 1 aromatic heterocycles. The maximum absolute atomic E-state index is 12.2. The molecule has 1 aromatic carbocycles. The van der Waals surface area contributed by atoms with Crippen LogP contribution in [0.15, 0.2) is 41.2 Å². The number of fused-ring (bicyclic) bond motifs is 1. The minimum atomic E-state index is 0.0168. The monoisotopic (exact) mass is 227 g/mol. The lowest BCUT2D eigenvalue weighted by atomic mass is 10.1. The van der Waals surface area contributed by atoms with Crippen molar-refractivity contribution in [2.45, 2.75) is 13.3 Å². The second kappa shape index (κ2) is 3.77. The molecule has 1 aliphatic heterocycles. The van der Waals surface area contributed by atoms with Crippen LogP contribution < -0.4 is 4.90 Å². The Hall–Kier alpha value is -2.03. The van der Waals surface area contributed by atoms with E-state index < -0.39 is 0 Å². The zero-order chi connectivity index (χ0) is 11.8. The van der Waals surface area contributed by atoms with E-state index >= 15 is 0 Å². The summed E-state index contributed by atoms with van der Waals surface area (Å²) in [6, 6.07) is 7.97. The number of hydrogen-bond donors (Lipinski definition) is 0. The number of furan rings is 1. The van der Waals surface area contributed by atoms with Crippen LogP contribution in [0, 0.1) is 6.92 Å². The largest absolute Gasteiger partial charge is 0.472 e. The highest BCUT2D eigenvalue weighted by atomic mass is 16.3. The van der Waals surface area contributed by atoms with Gasteiger partial charge in [0.1, 0.15) is 6.26 Å². The number of carbonyl (C=O) groups is 1. The van der Waals surface area contributed by atoms with Gasteiger partial charge in [0, 0.05) is 12.2 Å². The summed E-state index contributed by atoms with van der Waals surface area (Å²) < 4.78 is 4.96. The number of carbonyl (C=O) groups excluding carboxylic acids is 1. The third-order valence-corrected chi connectivity index (χ3v) is 3.15. The van der Waals surface area contributed by atoms with E-state index in [1.807, 2.05) is 11.8 Å². The Morgan fingerprint density at radius 2 is 2.24 bits per heavy atom. The molecule has 0 aliphatic carbocycles. The zero-order valence-electron chi connectivity index (χ0n) is 9.64. The fourth-order valence-corrected chi connectivity index (χ4v) is 2.24. The molecule has 0 atom stereocenters. The standard InChI is InChI=1S/C14H13NO2/c1-10-2-3-11-4-6-15(13(11)8-10)14(16)12-5-7-17-9-12/h2-3,5,7-9H,4,6H2,1H3. The highest BCUT2D eigenvalue weighted by Crippen LogP contribution is 2.30. The second-order valence-corrected chi connectivity index (χ2v) is 4.35. The Morgan fingerprint density at radius 1 is 1.35 bits per heavy atom. The van der Waals surface area contributed by atoms with E-state index in [0.717, 1.165) is 18.7 Å². The lowest BCUT2D eigenvalue weighted by Gasteiger charge is -2.16. The molecule has 3 rings (SSSR count). The van der Waals surface area contributed by atoms with E-state index in [1.54, 1.807) is 6.07 Å². The molecule has 86 valence electrons. The van der Waals surface area contributed by atoms with Crippen LogP contribution in [0.2, 0.25) is 0 Å². The molecule has 0 saturated carbocycles. The molecule has 0 fully saturated rings. The van der Waals surface area contributed by atoms with E-state index in [0.29, 0.717) is 5.56 Å². The van der Waals surface area contributed by atoms with Gasteiger partial charge in [-0.15, -0.1) is 0 Å². The molecule has 0 saturated heterocycles. The topological polar surface area (TPSA) is 33.5 Å². The minimum Gasteiger partial charge on any atom is -0.472 e. The van der Waals surface area contributed by atoms with Gasteiger partial charge in [0.05, 0.1) is 11.8 Å². The smallest absolute Gasteiger partial charge is 0.261 e. The van der Waals surface area contributed by atoms with Crippen molar-refractivity contribution in [3.8, 4) is 0 Å². The van der Waals surface area contributed by atoms with Crippen LogP contribution in [0.25, 0.3) is 0 Å². The Balaban J connectivity index is 1.98. The summed E-state index contributed by atoms with van der Waals surface area (Å²) in [6.07, 6.45) is 3.95. The molecule has 0 radical (unpaired) electrons. The number of aryl methyl sites for hydroxylation is 1. The molecule has 2 aromatic rings. The highest BCUT2D eigenvalue weighted by Gasteiger charge is 2.25. The summed E-state index contributed by atoms with van der Waals surface area (Å²) in [5.41, 5.74) is 4.07. The molecule has 1 amide bonds. The first kappa shape index (κ1) is 10.1. The number of hydrogen-bond acceptors (Lipinski definition) is 2. The molecule has 0 unspecified atom stereocenters. The van der Waals surface area contributed by atoms with Crippen molar-refractivity contribution >= 4 is 11.6 Å². The first-order valence-electron chi connectivity index (χ1n) is 5.69. The van der Waals surface area contributed by atoms with Crippen molar-refractivity contribution in [3.63, 3.8) is 0 Å². The SMILES string of the molecule is Cc1ccc2c(c1)N(C(=O)c1ccoc1)CC2. The normalized spacial score (nSPS) is 13.8. The molecular weight excluding hydrogens is 214 g/mol. The number of nitrogens with zero attached hydrogens (tertiary/aromatic N) is 1. The van der Waals surface area contributed by atoms with Gasteiger partial charge in [0.15, 0.2) is 0 Å². The van der Waals surface area contributed by atoms with Crippen molar-refractivity contribution in [3.05, 3.63) is 53.5 Å². The maximum Gasteiger partial charge on any atom is 0.261 e. The summed E-state index contributed by atoms with van der Waals surface area (Å²) in [4.78, 5) is 14.1. The van der Waals surface area contributed by atoms with Crippen LogP contribution in [0.3, 0.4) is 0 Å². The predicted octanol–water partition coefficient (Wildman–Crippen LogP) is 2.79. The zero-order valence-corrected chi connectivity index (χ0v) is 9.64. The maximum atomic E-state index is 12.2. The Bertz CT molecular complexity index is 558. The van der Waals surface area contributed by atoms with Crippen molar-refractivity contribution in [2.75, 3.05) is 11.4 Å². The summed E-state index contributed by atoms with van der Waals surface area (Å²) >= 11 is 0. The van der Waals surface area contributed by atoms with Crippen LogP contribution in [0.4, 0.5) is 5.69 Å². The lowest BCUT2D eigenvalue weighted by molar-refractivity contribution is 0.0989. The average Bonchev–Trinajstić information content (AvgIpc) is 2.97. The number of anilines is 1. The molecule has 3 nitrogen and oxygen atoms in total. The van der Waals surface area contributed by atoms with Gasteiger partial charge in [-0.25, -0.2) is 0 Å². The Kier molecular flexibility index (Phi) is 2.25. The quantitative estimate of drug-likeness (QED) is 0.750. The molecule has 0 N–H and O–H groups in total. The molecule has 3 heteroatoms. The third-order valence-electron chi connectivity index (χ3n) is 3.15. The first-order chi connectivity index (χ1) is 8.25. The van der Waals surface area contributed by atoms with Gasteiger partial charge in [-0.3, -0.25) is 4.79 Å². The Morgan fingerprint density at radius 3 is 3.00 bits per heavy atom. The summed E-state index contributed by atoms with van der Waals surface area (Å²) in [6.45, 7) is 2.79. The first-order valence-corrected chi connectivity index (χ1v) is 5.69. The third kappa shape index (κ3) is 1.64. The number of amides is 1. The molecule has 0 bridgehead atoms. The molecular formula is C14H13NO2. The van der Waals surface area contributed by atoms with Crippen molar-refractivity contribution < 1.29 is 9.21 Å². The minimum absolute atomic E-state index is 0.0168. The van der Waals surface area contributed by atoms with Gasteiger partial charge in [-0.2, -0.15) is 0 Å². The van der Waals surface area contributed by atoms with Crippen LogP contribution in [-0.4, -0.2) is 12.5 Å². The number of rotatable bonds is 1. The summed E-state index contributed by atoms with van der Waals surface area (Å²) in [7, 11) is 0. The van der Waals surface area contributed by atoms with Crippen LogP contribution in [0.1, 0.15) is 21.5 Å². The van der Waals surface area contributed by atoms with E-state index in [2.05, 4.69) is 18.2 Å². The van der Waals surface area contributed by atoms with Crippen LogP contribution >= 0.6 is 0 Å². The molecule has 2 heterocycles. The van der Waals surface area contributed by atoms with E-state index in [9.17, 15) is 4.79 Å². The van der Waals surface area contributed by atoms with E-state index in [1.165, 1.54) is 23.7 Å². The van der Waals surface area contributed by atoms with Crippen LogP contribution in [0.5, 0.6) is 0 Å². The molecule has 17 heavy (non-hydrogen) atoms. The van der Waals surface area contributed by atoms with Gasteiger partial charge in [0.25, 0.3) is 5.91 Å². The highest BCUT2D eigenvalue weighted by molar-refractivity contribution is 6.07. The van der Waals surface area contributed by atoms with Crippen molar-refractivity contribution in [1.29, 1.82) is 0 Å². The van der Waals surface area contributed by atoms with Gasteiger partial charge >= 0.3 is 0 Å². The second-order valence-electron chi connectivity index (χ2n) is 4.35. The van der Waals surface area contributed by atoms with Gasteiger partial charge in [0.2, 0.25) is 0 Å². The van der Waals surface area contributed by atoms with Crippen molar-refractivity contribution in [2.24, 2.45) is 0 Å². The molecule has 1 aliphatic rings. The van der Waals surface area contributed by atoms with Crippen LogP contribution in [-0.2, 0) is 6.42 Å². The fourth-order valence-electron chi connectivity index (χ4n) is 2.24. The number of benzene rings is 1. The van der Waals surface area contributed by atoms with E-state index in [4.69, 9.17) is 4.42 Å². The molecule has 0 spiro atoms. The van der Waals surface area contributed by atoms with E-state index in [-0.39, 0.29) is 5.91 Å². The van der Waals surface area contributed by atoms with Gasteiger partial charge < -0.3 is 9.32 Å². The van der Waals surface area contributed by atoms with Gasteiger partial charge in [-0.1, -0.05) is 12.1 Å². The fraction of sp³-hybridized carbons (Fsp3) is 0.214.